The van der Waals surface area contributed by atoms with E-state index in [0.717, 1.165) is 37.9 Å². The van der Waals surface area contributed by atoms with Crippen LogP contribution in [0.1, 0.15) is 54.4 Å². The van der Waals surface area contributed by atoms with Gasteiger partial charge in [-0.2, -0.15) is 4.98 Å². The minimum Gasteiger partial charge on any atom is -0.322 e. The summed E-state index contributed by atoms with van der Waals surface area (Å²) in [6, 6.07) is 2.97. The second kappa shape index (κ2) is 7.15. The van der Waals surface area contributed by atoms with Gasteiger partial charge in [-0.25, -0.2) is 13.5 Å². The number of H-pyrrole nitrogens is 1. The summed E-state index contributed by atoms with van der Waals surface area (Å²) in [4.78, 5) is 4.27. The molecule has 0 aliphatic heterocycles. The van der Waals surface area contributed by atoms with Crippen molar-refractivity contribution < 1.29 is 8.42 Å². The van der Waals surface area contributed by atoms with E-state index in [1.165, 1.54) is 47.9 Å². The molecular formula is C20H27N5O2S. The number of rotatable bonds is 8. The van der Waals surface area contributed by atoms with Gasteiger partial charge in [0.05, 0.1) is 5.75 Å². The number of aromatic amines is 1. The Morgan fingerprint density at radius 3 is 2.46 bits per heavy atom. The molecule has 1 aromatic heterocycles. The van der Waals surface area contributed by atoms with Crippen molar-refractivity contribution in [3.63, 3.8) is 0 Å². The van der Waals surface area contributed by atoms with Gasteiger partial charge in [0.1, 0.15) is 0 Å². The number of anilines is 2. The minimum atomic E-state index is -3.44. The van der Waals surface area contributed by atoms with Crippen molar-refractivity contribution in [1.82, 2.24) is 20.5 Å². The number of hydrogen-bond donors (Lipinski definition) is 3. The fraction of sp³-hybridized carbons (Fsp3) is 0.600. The molecule has 3 N–H and O–H groups in total. The highest BCUT2D eigenvalue weighted by atomic mass is 32.2. The summed E-state index contributed by atoms with van der Waals surface area (Å²) in [6.07, 6.45) is 9.73. The van der Waals surface area contributed by atoms with Crippen LogP contribution in [0.5, 0.6) is 0 Å². The summed E-state index contributed by atoms with van der Waals surface area (Å²) < 4.78 is 25.1. The first kappa shape index (κ1) is 18.1. The predicted molar refractivity (Wildman–Crippen MR) is 108 cm³/mol. The number of aromatic nitrogens is 3. The number of hydrogen-bond acceptors (Lipinski definition) is 6. The van der Waals surface area contributed by atoms with Crippen molar-refractivity contribution in [2.24, 2.45) is 0 Å². The molecule has 5 rings (SSSR count). The maximum atomic E-state index is 12.5. The van der Waals surface area contributed by atoms with Crippen LogP contribution in [0.15, 0.2) is 11.2 Å². The third kappa shape index (κ3) is 3.55. The van der Waals surface area contributed by atoms with Crippen molar-refractivity contribution in [2.75, 3.05) is 17.6 Å². The molecule has 2 aromatic rings. The van der Waals surface area contributed by atoms with Crippen molar-refractivity contribution >= 4 is 21.5 Å². The third-order valence-corrected chi connectivity index (χ3v) is 7.67. The zero-order valence-corrected chi connectivity index (χ0v) is 16.9. The standard InChI is InChI=1S/C20H27N5O2S/c26-28(27,11-3-10-21-15-8-9-15)20-23-19(24-25-20)22-18-16-6-1-4-13(16)12-14-5-2-7-17(14)18/h12,15,21H,1-11H2,(H2,22,23,24,25). The fourth-order valence-electron chi connectivity index (χ4n) is 4.47. The van der Waals surface area contributed by atoms with Gasteiger partial charge in [-0.1, -0.05) is 6.07 Å². The number of sulfone groups is 1. The largest absolute Gasteiger partial charge is 0.322 e. The van der Waals surface area contributed by atoms with E-state index in [0.29, 0.717) is 18.4 Å². The van der Waals surface area contributed by atoms with Gasteiger partial charge >= 0.3 is 0 Å². The van der Waals surface area contributed by atoms with Gasteiger partial charge in [-0.3, -0.25) is 0 Å². The Morgan fingerprint density at radius 1 is 1.07 bits per heavy atom. The molecule has 8 heteroatoms. The van der Waals surface area contributed by atoms with E-state index >= 15 is 0 Å². The van der Waals surface area contributed by atoms with Crippen LogP contribution < -0.4 is 10.6 Å². The topological polar surface area (TPSA) is 99.8 Å². The van der Waals surface area contributed by atoms with Gasteiger partial charge in [-0.05, 0) is 86.6 Å². The van der Waals surface area contributed by atoms with Crippen LogP contribution in [0, 0.1) is 0 Å². The number of aryl methyl sites for hydroxylation is 2. The first-order chi connectivity index (χ1) is 13.6. The van der Waals surface area contributed by atoms with E-state index in [2.05, 4.69) is 31.9 Å². The second-order valence-corrected chi connectivity index (χ2v) is 10.2. The molecular weight excluding hydrogens is 374 g/mol. The third-order valence-electron chi connectivity index (χ3n) is 6.07. The van der Waals surface area contributed by atoms with E-state index in [9.17, 15) is 8.42 Å². The molecule has 150 valence electrons. The van der Waals surface area contributed by atoms with Gasteiger partial charge < -0.3 is 10.6 Å². The molecule has 0 amide bonds. The lowest BCUT2D eigenvalue weighted by Gasteiger charge is -2.15. The van der Waals surface area contributed by atoms with Gasteiger partial charge in [0.2, 0.25) is 20.9 Å². The molecule has 28 heavy (non-hydrogen) atoms. The Balaban J connectivity index is 1.32. The molecule has 7 nitrogen and oxygen atoms in total. The highest BCUT2D eigenvalue weighted by molar-refractivity contribution is 7.91. The van der Waals surface area contributed by atoms with Crippen LogP contribution >= 0.6 is 0 Å². The molecule has 3 aliphatic rings. The normalized spacial score (nSPS) is 18.3. The van der Waals surface area contributed by atoms with Crippen molar-refractivity contribution in [1.29, 1.82) is 0 Å². The first-order valence-electron chi connectivity index (χ1n) is 10.4. The maximum absolute atomic E-state index is 12.5. The lowest BCUT2D eigenvalue weighted by Crippen LogP contribution is -2.20. The Hall–Kier alpha value is -1.93. The molecule has 1 aromatic carbocycles. The highest BCUT2D eigenvalue weighted by Crippen LogP contribution is 2.39. The van der Waals surface area contributed by atoms with Crippen LogP contribution in [0.2, 0.25) is 0 Å². The summed E-state index contributed by atoms with van der Waals surface area (Å²) in [7, 11) is -3.44. The lowest BCUT2D eigenvalue weighted by molar-refractivity contribution is 0.580. The van der Waals surface area contributed by atoms with Gasteiger partial charge in [-0.15, -0.1) is 5.10 Å². The maximum Gasteiger partial charge on any atom is 0.247 e. The van der Waals surface area contributed by atoms with E-state index in [1.807, 2.05) is 0 Å². The minimum absolute atomic E-state index is 0.0364. The summed E-state index contributed by atoms with van der Waals surface area (Å²) in [5.41, 5.74) is 6.70. The molecule has 0 radical (unpaired) electrons. The number of fused-ring (bicyclic) bond motifs is 2. The monoisotopic (exact) mass is 401 g/mol. The number of benzene rings is 1. The fourth-order valence-corrected chi connectivity index (χ4v) is 5.60. The zero-order chi connectivity index (χ0) is 19.1. The van der Waals surface area contributed by atoms with Crippen molar-refractivity contribution in [2.45, 2.75) is 69.0 Å². The molecule has 0 bridgehead atoms. The average molecular weight is 402 g/mol. The molecule has 0 saturated heterocycles. The van der Waals surface area contributed by atoms with Gasteiger partial charge in [0.25, 0.3) is 0 Å². The summed E-state index contributed by atoms with van der Waals surface area (Å²) >= 11 is 0. The SMILES string of the molecule is O=S(=O)(CCCNC1CC1)c1nc(Nc2c3c(cc4c2CCC4)CCC3)n[nH]1. The van der Waals surface area contributed by atoms with Crippen molar-refractivity contribution in [3.8, 4) is 0 Å². The molecule has 1 saturated carbocycles. The molecule has 0 unspecified atom stereocenters. The summed E-state index contributed by atoms with van der Waals surface area (Å²) in [5.74, 6) is 0.432. The Morgan fingerprint density at radius 2 is 1.79 bits per heavy atom. The first-order valence-corrected chi connectivity index (χ1v) is 12.1. The highest BCUT2D eigenvalue weighted by Gasteiger charge is 2.26. The molecule has 1 heterocycles. The molecule has 1 fully saturated rings. The van der Waals surface area contributed by atoms with Gasteiger partial charge in [0.15, 0.2) is 0 Å². The van der Waals surface area contributed by atoms with E-state index in [4.69, 9.17) is 0 Å². The summed E-state index contributed by atoms with van der Waals surface area (Å²) in [6.45, 7) is 0.728. The Bertz CT molecular complexity index is 962. The van der Waals surface area contributed by atoms with Crippen LogP contribution in [-0.4, -0.2) is 41.9 Å². The quantitative estimate of drug-likeness (QED) is 0.588. The van der Waals surface area contributed by atoms with Crippen LogP contribution in [-0.2, 0) is 35.5 Å². The number of nitrogens with zero attached hydrogens (tertiary/aromatic N) is 2. The van der Waals surface area contributed by atoms with E-state index in [-0.39, 0.29) is 10.9 Å². The molecule has 3 aliphatic carbocycles. The van der Waals surface area contributed by atoms with Gasteiger partial charge in [0, 0.05) is 11.7 Å². The summed E-state index contributed by atoms with van der Waals surface area (Å²) in [5, 5.41) is 13.4. The second-order valence-electron chi connectivity index (χ2n) is 8.22. The van der Waals surface area contributed by atoms with Crippen molar-refractivity contribution in [3.05, 3.63) is 28.3 Å². The number of nitrogens with one attached hydrogen (secondary N) is 3. The van der Waals surface area contributed by atoms with Crippen LogP contribution in [0.25, 0.3) is 0 Å². The molecule has 0 spiro atoms. The zero-order valence-electron chi connectivity index (χ0n) is 16.1. The van der Waals surface area contributed by atoms with E-state index in [1.54, 1.807) is 0 Å². The Kier molecular flexibility index (Phi) is 4.63. The van der Waals surface area contributed by atoms with Crippen LogP contribution in [0.3, 0.4) is 0 Å². The Labute approximate surface area is 165 Å². The molecule has 0 atom stereocenters. The van der Waals surface area contributed by atoms with E-state index < -0.39 is 9.84 Å². The smallest absolute Gasteiger partial charge is 0.247 e. The lowest BCUT2D eigenvalue weighted by atomic mass is 9.99. The average Bonchev–Trinajstić information content (AvgIpc) is 3.06. The van der Waals surface area contributed by atoms with Crippen LogP contribution in [0.4, 0.5) is 11.6 Å². The predicted octanol–water partition coefficient (Wildman–Crippen LogP) is 2.44.